The number of aromatic nitrogens is 2. The van der Waals surface area contributed by atoms with Crippen molar-refractivity contribution in [3.05, 3.63) is 17.0 Å². The Morgan fingerprint density at radius 3 is 2.60 bits per heavy atom. The quantitative estimate of drug-likeness (QED) is 0.883. The molecule has 1 amide bonds. The normalized spacial score (nSPS) is 22.8. The maximum atomic E-state index is 12.5. The van der Waals surface area contributed by atoms with E-state index in [4.69, 9.17) is 5.73 Å². The van der Waals surface area contributed by atoms with Gasteiger partial charge in [-0.25, -0.2) is 0 Å². The molecule has 1 aromatic rings. The van der Waals surface area contributed by atoms with E-state index in [0.717, 1.165) is 55.6 Å². The van der Waals surface area contributed by atoms with Gasteiger partial charge in [-0.2, -0.15) is 5.10 Å². The van der Waals surface area contributed by atoms with E-state index in [1.807, 2.05) is 18.5 Å². The van der Waals surface area contributed by atoms with Gasteiger partial charge in [0.25, 0.3) is 5.91 Å². The van der Waals surface area contributed by atoms with Gasteiger partial charge in [-0.1, -0.05) is 6.92 Å². The number of amides is 1. The number of nitrogens with two attached hydrogens (primary N) is 1. The molecule has 5 heteroatoms. The molecule has 3 N–H and O–H groups in total. The van der Waals surface area contributed by atoms with Crippen molar-refractivity contribution in [2.75, 3.05) is 0 Å². The third-order valence-electron chi connectivity index (χ3n) is 4.15. The molecular weight excluding hydrogens is 252 g/mol. The molecule has 5 nitrogen and oxygen atoms in total. The molecule has 0 unspecified atom stereocenters. The Balaban J connectivity index is 2.05. The van der Waals surface area contributed by atoms with Gasteiger partial charge in [0.15, 0.2) is 0 Å². The molecule has 1 fully saturated rings. The van der Waals surface area contributed by atoms with Gasteiger partial charge in [0.2, 0.25) is 0 Å². The van der Waals surface area contributed by atoms with Gasteiger partial charge in [0.1, 0.15) is 0 Å². The number of nitrogens with one attached hydrogen (secondary N) is 1. The van der Waals surface area contributed by atoms with Gasteiger partial charge in [0, 0.05) is 24.3 Å². The highest BCUT2D eigenvalue weighted by Gasteiger charge is 2.24. The summed E-state index contributed by atoms with van der Waals surface area (Å²) in [5.41, 5.74) is 8.43. The number of hydrogen-bond acceptors (Lipinski definition) is 3. The Labute approximate surface area is 120 Å². The number of carbonyl (C=O) groups is 1. The molecule has 0 bridgehead atoms. The highest BCUT2D eigenvalue weighted by Crippen LogP contribution is 2.19. The first-order valence-corrected chi connectivity index (χ1v) is 7.63. The van der Waals surface area contributed by atoms with Crippen molar-refractivity contribution >= 4 is 5.91 Å². The predicted molar refractivity (Wildman–Crippen MR) is 79.7 cm³/mol. The van der Waals surface area contributed by atoms with E-state index in [1.54, 1.807) is 0 Å². The summed E-state index contributed by atoms with van der Waals surface area (Å²) in [5, 5.41) is 7.61. The fraction of sp³-hybridized carbons (Fsp3) is 0.733. The monoisotopic (exact) mass is 278 g/mol. The molecule has 0 atom stereocenters. The van der Waals surface area contributed by atoms with Crippen LogP contribution in [0.4, 0.5) is 0 Å². The highest BCUT2D eigenvalue weighted by atomic mass is 16.1. The molecule has 1 aromatic heterocycles. The topological polar surface area (TPSA) is 72.9 Å². The Bertz CT molecular complexity index is 472. The predicted octanol–water partition coefficient (Wildman–Crippen LogP) is 1.91. The molecule has 1 saturated carbocycles. The highest BCUT2D eigenvalue weighted by molar-refractivity contribution is 5.96. The van der Waals surface area contributed by atoms with Crippen molar-refractivity contribution in [3.63, 3.8) is 0 Å². The Kier molecular flexibility index (Phi) is 4.81. The first kappa shape index (κ1) is 15.0. The zero-order chi connectivity index (χ0) is 14.7. The van der Waals surface area contributed by atoms with Crippen LogP contribution in [0.15, 0.2) is 0 Å². The fourth-order valence-corrected chi connectivity index (χ4v) is 2.98. The molecule has 1 aliphatic rings. The maximum Gasteiger partial charge on any atom is 0.255 e. The van der Waals surface area contributed by atoms with Crippen LogP contribution >= 0.6 is 0 Å². The number of nitrogens with zero attached hydrogens (tertiary/aromatic N) is 2. The lowest BCUT2D eigenvalue weighted by Gasteiger charge is -2.26. The maximum absolute atomic E-state index is 12.5. The number of carbonyl (C=O) groups excluding carboxylic acids is 1. The third kappa shape index (κ3) is 3.20. The molecule has 2 rings (SSSR count). The van der Waals surface area contributed by atoms with Crippen molar-refractivity contribution in [2.24, 2.45) is 5.73 Å². The minimum atomic E-state index is 0.0165. The average molecular weight is 278 g/mol. The molecule has 20 heavy (non-hydrogen) atoms. The van der Waals surface area contributed by atoms with Crippen LogP contribution in [-0.2, 0) is 6.54 Å². The van der Waals surface area contributed by atoms with Crippen LogP contribution in [0.2, 0.25) is 0 Å². The first-order chi connectivity index (χ1) is 9.52. The standard InChI is InChI=1S/C15H26N4O/c1-4-9-19-11(3)14(10(2)18-19)15(20)17-13-7-5-12(16)6-8-13/h12-13H,4-9,16H2,1-3H3,(H,17,20). The SMILES string of the molecule is CCCn1nc(C)c(C(=O)NC2CCC(N)CC2)c1C. The number of hydrogen-bond donors (Lipinski definition) is 2. The zero-order valence-corrected chi connectivity index (χ0v) is 12.8. The number of aryl methyl sites for hydroxylation is 2. The molecular formula is C15H26N4O. The van der Waals surface area contributed by atoms with Crippen molar-refractivity contribution in [1.29, 1.82) is 0 Å². The van der Waals surface area contributed by atoms with E-state index in [1.165, 1.54) is 0 Å². The molecule has 112 valence electrons. The molecule has 1 heterocycles. The zero-order valence-electron chi connectivity index (χ0n) is 12.8. The van der Waals surface area contributed by atoms with E-state index in [0.29, 0.717) is 6.04 Å². The Morgan fingerprint density at radius 1 is 1.35 bits per heavy atom. The van der Waals surface area contributed by atoms with E-state index in [2.05, 4.69) is 17.3 Å². The summed E-state index contributed by atoms with van der Waals surface area (Å²) in [6.45, 7) is 6.85. The molecule has 0 aromatic carbocycles. The first-order valence-electron chi connectivity index (χ1n) is 7.63. The second kappa shape index (κ2) is 6.39. The van der Waals surface area contributed by atoms with Crippen molar-refractivity contribution in [2.45, 2.75) is 71.5 Å². The van der Waals surface area contributed by atoms with Crippen molar-refractivity contribution in [1.82, 2.24) is 15.1 Å². The van der Waals surface area contributed by atoms with Gasteiger partial charge in [0.05, 0.1) is 11.3 Å². The molecule has 0 aliphatic heterocycles. The molecule has 1 aliphatic carbocycles. The van der Waals surface area contributed by atoms with Crippen LogP contribution in [0.3, 0.4) is 0 Å². The summed E-state index contributed by atoms with van der Waals surface area (Å²) >= 11 is 0. The van der Waals surface area contributed by atoms with Crippen LogP contribution in [-0.4, -0.2) is 27.8 Å². The summed E-state index contributed by atoms with van der Waals surface area (Å²) in [6.07, 6.45) is 4.97. The number of rotatable bonds is 4. The van der Waals surface area contributed by atoms with Crippen LogP contribution < -0.4 is 11.1 Å². The third-order valence-corrected chi connectivity index (χ3v) is 4.15. The minimum absolute atomic E-state index is 0.0165. The largest absolute Gasteiger partial charge is 0.349 e. The Hall–Kier alpha value is -1.36. The smallest absolute Gasteiger partial charge is 0.255 e. The van der Waals surface area contributed by atoms with Gasteiger partial charge >= 0.3 is 0 Å². The van der Waals surface area contributed by atoms with Crippen LogP contribution in [0.25, 0.3) is 0 Å². The Morgan fingerprint density at radius 2 is 2.00 bits per heavy atom. The lowest BCUT2D eigenvalue weighted by Crippen LogP contribution is -2.40. The van der Waals surface area contributed by atoms with Gasteiger partial charge in [-0.05, 0) is 46.0 Å². The van der Waals surface area contributed by atoms with Crippen molar-refractivity contribution in [3.8, 4) is 0 Å². The summed E-state index contributed by atoms with van der Waals surface area (Å²) < 4.78 is 1.93. The van der Waals surface area contributed by atoms with Crippen LogP contribution in [0, 0.1) is 13.8 Å². The van der Waals surface area contributed by atoms with Gasteiger partial charge in [-0.3, -0.25) is 9.48 Å². The summed E-state index contributed by atoms with van der Waals surface area (Å²) in [4.78, 5) is 12.5. The molecule has 0 spiro atoms. The second-order valence-corrected chi connectivity index (χ2v) is 5.85. The second-order valence-electron chi connectivity index (χ2n) is 5.85. The minimum Gasteiger partial charge on any atom is -0.349 e. The van der Waals surface area contributed by atoms with Gasteiger partial charge < -0.3 is 11.1 Å². The lowest BCUT2D eigenvalue weighted by molar-refractivity contribution is 0.0924. The summed E-state index contributed by atoms with van der Waals surface area (Å²) in [6, 6.07) is 0.564. The lowest BCUT2D eigenvalue weighted by atomic mass is 9.91. The van der Waals surface area contributed by atoms with E-state index >= 15 is 0 Å². The molecule has 0 radical (unpaired) electrons. The summed E-state index contributed by atoms with van der Waals surface area (Å²) in [7, 11) is 0. The van der Waals surface area contributed by atoms with E-state index in [-0.39, 0.29) is 11.9 Å². The van der Waals surface area contributed by atoms with E-state index in [9.17, 15) is 4.79 Å². The molecule has 0 saturated heterocycles. The van der Waals surface area contributed by atoms with Crippen LogP contribution in [0.1, 0.15) is 60.8 Å². The van der Waals surface area contributed by atoms with E-state index < -0.39 is 0 Å². The fourth-order valence-electron chi connectivity index (χ4n) is 2.98. The van der Waals surface area contributed by atoms with Crippen LogP contribution in [0.5, 0.6) is 0 Å². The van der Waals surface area contributed by atoms with Gasteiger partial charge in [-0.15, -0.1) is 0 Å². The van der Waals surface area contributed by atoms with Crippen molar-refractivity contribution < 1.29 is 4.79 Å². The summed E-state index contributed by atoms with van der Waals surface area (Å²) in [5.74, 6) is 0.0165. The average Bonchev–Trinajstić information content (AvgIpc) is 2.68.